The van der Waals surface area contributed by atoms with Crippen molar-refractivity contribution in [2.24, 2.45) is 0 Å². The van der Waals surface area contributed by atoms with Crippen molar-refractivity contribution in [2.75, 3.05) is 6.61 Å². The van der Waals surface area contributed by atoms with Crippen molar-refractivity contribution in [3.63, 3.8) is 0 Å². The summed E-state index contributed by atoms with van der Waals surface area (Å²) in [6, 6.07) is 0. The first-order valence-electron chi connectivity index (χ1n) is 7.73. The Morgan fingerprint density at radius 3 is 2.39 bits per heavy atom. The number of unbranched alkanes of at least 4 members (excludes halogenated alkanes) is 2. The minimum atomic E-state index is -2.69. The van der Waals surface area contributed by atoms with Gasteiger partial charge in [-0.3, -0.25) is 0 Å². The van der Waals surface area contributed by atoms with Crippen LogP contribution in [0.3, 0.4) is 0 Å². The van der Waals surface area contributed by atoms with Crippen molar-refractivity contribution >= 4 is 19.2 Å². The van der Waals surface area contributed by atoms with E-state index in [0.29, 0.717) is 0 Å². The van der Waals surface area contributed by atoms with Gasteiger partial charge in [-0.15, -0.1) is 0 Å². The molecule has 0 bridgehead atoms. The number of allylic oxidation sites excluding steroid dienone is 1. The molecule has 0 saturated carbocycles. The normalized spacial score (nSPS) is 30.1. The zero-order chi connectivity index (χ0) is 12.9. The molecule has 1 atom stereocenters. The summed E-state index contributed by atoms with van der Waals surface area (Å²) >= 11 is -2.69. The fourth-order valence-corrected chi connectivity index (χ4v) is 14.9. The molecule has 1 spiro atoms. The third kappa shape index (κ3) is 3.51. The molecular formula is C15H28O2Sn. The predicted octanol–water partition coefficient (Wildman–Crippen LogP) is 4.55. The molecule has 0 aromatic carbocycles. The second kappa shape index (κ2) is 6.76. The fourth-order valence-electron chi connectivity index (χ4n) is 3.07. The SMILES string of the molecule is CCC[CH2][Sn]1([CH2]CCC)[O]CC2(CC=CCC2)[O]1. The van der Waals surface area contributed by atoms with Crippen LogP contribution in [0.15, 0.2) is 12.2 Å². The van der Waals surface area contributed by atoms with Gasteiger partial charge in [-0.2, -0.15) is 0 Å². The van der Waals surface area contributed by atoms with Crippen molar-refractivity contribution in [1.29, 1.82) is 0 Å². The molecule has 0 radical (unpaired) electrons. The third-order valence-electron chi connectivity index (χ3n) is 4.25. The Balaban J connectivity index is 2.00. The van der Waals surface area contributed by atoms with Gasteiger partial charge in [0.15, 0.2) is 0 Å². The van der Waals surface area contributed by atoms with Crippen LogP contribution < -0.4 is 0 Å². The maximum absolute atomic E-state index is 6.72. The first-order valence-corrected chi connectivity index (χ1v) is 14.1. The summed E-state index contributed by atoms with van der Waals surface area (Å²) in [5.41, 5.74) is 0.0896. The van der Waals surface area contributed by atoms with Gasteiger partial charge in [-0.1, -0.05) is 0 Å². The van der Waals surface area contributed by atoms with Crippen LogP contribution >= 0.6 is 0 Å². The summed E-state index contributed by atoms with van der Waals surface area (Å²) in [4.78, 5) is 0. The van der Waals surface area contributed by atoms with Crippen LogP contribution in [0.5, 0.6) is 0 Å². The van der Waals surface area contributed by atoms with Crippen LogP contribution in [0.25, 0.3) is 0 Å². The second-order valence-electron chi connectivity index (χ2n) is 5.91. The summed E-state index contributed by atoms with van der Waals surface area (Å²) in [5, 5.41) is 0. The van der Waals surface area contributed by atoms with E-state index in [2.05, 4.69) is 26.0 Å². The molecule has 104 valence electrons. The molecule has 3 heteroatoms. The first-order chi connectivity index (χ1) is 8.74. The molecule has 2 aliphatic rings. The summed E-state index contributed by atoms with van der Waals surface area (Å²) in [6.07, 6.45) is 13.2. The van der Waals surface area contributed by atoms with Crippen LogP contribution in [0.1, 0.15) is 58.8 Å². The molecule has 2 rings (SSSR count). The Morgan fingerprint density at radius 1 is 1.11 bits per heavy atom. The van der Waals surface area contributed by atoms with Gasteiger partial charge in [0.1, 0.15) is 0 Å². The number of hydrogen-bond acceptors (Lipinski definition) is 2. The molecule has 1 unspecified atom stereocenters. The van der Waals surface area contributed by atoms with Gasteiger partial charge in [0.2, 0.25) is 0 Å². The van der Waals surface area contributed by atoms with Gasteiger partial charge < -0.3 is 0 Å². The van der Waals surface area contributed by atoms with Gasteiger partial charge in [-0.05, 0) is 0 Å². The van der Waals surface area contributed by atoms with Crippen LogP contribution in [0.2, 0.25) is 8.87 Å². The van der Waals surface area contributed by atoms with E-state index in [1.165, 1.54) is 47.4 Å². The van der Waals surface area contributed by atoms with Crippen molar-refractivity contribution in [2.45, 2.75) is 73.3 Å². The number of hydrogen-bond donors (Lipinski definition) is 0. The quantitative estimate of drug-likeness (QED) is 0.512. The van der Waals surface area contributed by atoms with Crippen LogP contribution in [0.4, 0.5) is 0 Å². The van der Waals surface area contributed by atoms with Gasteiger partial charge in [0, 0.05) is 0 Å². The zero-order valence-electron chi connectivity index (χ0n) is 12.0. The van der Waals surface area contributed by atoms with Crippen molar-refractivity contribution in [3.8, 4) is 0 Å². The average molecular weight is 359 g/mol. The maximum atomic E-state index is 6.72. The molecule has 0 aromatic heterocycles. The summed E-state index contributed by atoms with van der Waals surface area (Å²) in [6.45, 7) is 5.43. The van der Waals surface area contributed by atoms with E-state index in [9.17, 15) is 0 Å². The molecule has 0 N–H and O–H groups in total. The summed E-state index contributed by atoms with van der Waals surface area (Å²) in [5.74, 6) is 0. The van der Waals surface area contributed by atoms with E-state index in [1.54, 1.807) is 0 Å². The van der Waals surface area contributed by atoms with Gasteiger partial charge >= 0.3 is 117 Å². The Morgan fingerprint density at radius 2 is 1.83 bits per heavy atom. The van der Waals surface area contributed by atoms with E-state index < -0.39 is 19.2 Å². The van der Waals surface area contributed by atoms with Crippen molar-refractivity contribution in [1.82, 2.24) is 0 Å². The van der Waals surface area contributed by atoms with Gasteiger partial charge in [0.05, 0.1) is 0 Å². The number of rotatable bonds is 6. The Bertz CT molecular complexity index is 282. The average Bonchev–Trinajstić information content (AvgIpc) is 2.75. The summed E-state index contributed by atoms with van der Waals surface area (Å²) < 4.78 is 15.7. The second-order valence-corrected chi connectivity index (χ2v) is 15.4. The van der Waals surface area contributed by atoms with E-state index in [0.717, 1.165) is 13.0 Å². The molecule has 0 amide bonds. The molecule has 18 heavy (non-hydrogen) atoms. The third-order valence-corrected chi connectivity index (χ3v) is 14.8. The standard InChI is InChI=1S/C7H10O2.2C4H9.Sn/c8-6-7(9)4-2-1-3-5-7;2*1-3-4-2;/h1-2H,3-6H2;2*1,3-4H2,2H3;/q-2;;;+2. The molecule has 1 heterocycles. The molecule has 2 nitrogen and oxygen atoms in total. The summed E-state index contributed by atoms with van der Waals surface area (Å²) in [7, 11) is 0. The van der Waals surface area contributed by atoms with Crippen molar-refractivity contribution < 1.29 is 6.15 Å². The first kappa shape index (κ1) is 14.9. The van der Waals surface area contributed by atoms with E-state index in [4.69, 9.17) is 6.15 Å². The Kier molecular flexibility index (Phi) is 5.58. The van der Waals surface area contributed by atoms with Crippen molar-refractivity contribution in [3.05, 3.63) is 12.2 Å². The molecule has 1 aliphatic carbocycles. The van der Waals surface area contributed by atoms with Crippen LogP contribution in [-0.4, -0.2) is 31.4 Å². The topological polar surface area (TPSA) is 18.5 Å². The molecule has 1 saturated heterocycles. The zero-order valence-corrected chi connectivity index (χ0v) is 14.9. The predicted molar refractivity (Wildman–Crippen MR) is 77.9 cm³/mol. The van der Waals surface area contributed by atoms with E-state index in [-0.39, 0.29) is 5.60 Å². The van der Waals surface area contributed by atoms with Crippen LogP contribution in [-0.2, 0) is 6.15 Å². The Labute approximate surface area is 117 Å². The van der Waals surface area contributed by atoms with Gasteiger partial charge in [-0.25, -0.2) is 0 Å². The Hall–Kier alpha value is 0.459. The van der Waals surface area contributed by atoms with Crippen LogP contribution in [0, 0.1) is 0 Å². The molecule has 1 fully saturated rings. The van der Waals surface area contributed by atoms with Gasteiger partial charge in [0.25, 0.3) is 0 Å². The molecule has 0 aromatic rings. The van der Waals surface area contributed by atoms with E-state index >= 15 is 0 Å². The fraction of sp³-hybridized carbons (Fsp3) is 0.867. The monoisotopic (exact) mass is 360 g/mol. The minimum absolute atomic E-state index is 0.0896. The van der Waals surface area contributed by atoms with E-state index in [1.807, 2.05) is 0 Å². The molecule has 1 aliphatic heterocycles. The molecular weight excluding hydrogens is 331 g/mol.